The molecule has 9 heavy (non-hydrogen) atoms. The van der Waals surface area contributed by atoms with Crippen LogP contribution in [0.2, 0.25) is 0 Å². The van der Waals surface area contributed by atoms with Gasteiger partial charge in [0.2, 0.25) is 0 Å². The second-order valence-electron chi connectivity index (χ2n) is 1.21. The quantitative estimate of drug-likeness (QED) is 0.544. The molecule has 0 aliphatic carbocycles. The number of ether oxygens (including phenoxy) is 1. The van der Waals surface area contributed by atoms with Crippen LogP contribution >= 0.6 is 0 Å². The lowest BCUT2D eigenvalue weighted by Crippen LogP contribution is -2.12. The highest BCUT2D eigenvalue weighted by Crippen LogP contribution is 1.92. The van der Waals surface area contributed by atoms with E-state index < -0.39 is 25.7 Å². The van der Waals surface area contributed by atoms with E-state index >= 15 is 0 Å². The highest BCUT2D eigenvalue weighted by Gasteiger charge is 2.06. The lowest BCUT2D eigenvalue weighted by Gasteiger charge is -1.98. The molecule has 0 radical (unpaired) electrons. The molecule has 0 saturated heterocycles. The minimum Gasteiger partial charge on any atom is -0.458 e. The Balaban J connectivity index is 3.17. The van der Waals surface area contributed by atoms with Crippen LogP contribution < -0.4 is 0 Å². The predicted octanol–water partition coefficient (Wildman–Crippen LogP) is 0.764. The number of esters is 1. The standard InChI is InChI=1S/C4H5F3O2/c5-1-4(8)9-2-3(6)7/h3H,1-2H2. The second kappa shape index (κ2) is 4.17. The number of alkyl halides is 3. The molecule has 0 aromatic rings. The molecule has 0 atom stereocenters. The Morgan fingerprint density at radius 3 is 2.44 bits per heavy atom. The summed E-state index contributed by atoms with van der Waals surface area (Å²) in [4.78, 5) is 9.79. The fraction of sp³-hybridized carbons (Fsp3) is 0.750. The summed E-state index contributed by atoms with van der Waals surface area (Å²) >= 11 is 0. The van der Waals surface area contributed by atoms with Crippen molar-refractivity contribution in [2.24, 2.45) is 0 Å². The van der Waals surface area contributed by atoms with Crippen molar-refractivity contribution in [1.29, 1.82) is 0 Å². The first-order valence-corrected chi connectivity index (χ1v) is 2.16. The van der Waals surface area contributed by atoms with Gasteiger partial charge < -0.3 is 4.74 Å². The van der Waals surface area contributed by atoms with Crippen molar-refractivity contribution in [3.63, 3.8) is 0 Å². The van der Waals surface area contributed by atoms with Crippen molar-refractivity contribution < 1.29 is 22.7 Å². The number of carbonyl (C=O) groups excluding carboxylic acids is 1. The molecule has 0 aromatic heterocycles. The maximum Gasteiger partial charge on any atom is 0.337 e. The van der Waals surface area contributed by atoms with Crippen LogP contribution in [0.1, 0.15) is 0 Å². The first kappa shape index (κ1) is 8.26. The van der Waals surface area contributed by atoms with Crippen LogP contribution in [0.25, 0.3) is 0 Å². The van der Waals surface area contributed by atoms with E-state index in [4.69, 9.17) is 0 Å². The maximum absolute atomic E-state index is 11.1. The first-order chi connectivity index (χ1) is 4.16. The largest absolute Gasteiger partial charge is 0.458 e. The van der Waals surface area contributed by atoms with Crippen LogP contribution in [0.5, 0.6) is 0 Å². The van der Waals surface area contributed by atoms with Gasteiger partial charge in [-0.15, -0.1) is 0 Å². The van der Waals surface area contributed by atoms with E-state index in [1.165, 1.54) is 0 Å². The van der Waals surface area contributed by atoms with Crippen LogP contribution in [-0.4, -0.2) is 25.7 Å². The third kappa shape index (κ3) is 5.13. The summed E-state index contributed by atoms with van der Waals surface area (Å²) < 4.78 is 37.1. The average Bonchev–Trinajstić information content (AvgIpc) is 1.83. The zero-order valence-corrected chi connectivity index (χ0v) is 4.44. The third-order valence-corrected chi connectivity index (χ3v) is 0.479. The maximum atomic E-state index is 11.1. The smallest absolute Gasteiger partial charge is 0.337 e. The van der Waals surface area contributed by atoms with Crippen molar-refractivity contribution in [2.45, 2.75) is 6.43 Å². The van der Waals surface area contributed by atoms with Crippen LogP contribution in [-0.2, 0) is 9.53 Å². The molecule has 0 unspecified atom stereocenters. The van der Waals surface area contributed by atoms with Gasteiger partial charge >= 0.3 is 5.97 Å². The Hall–Kier alpha value is -0.740. The third-order valence-electron chi connectivity index (χ3n) is 0.479. The van der Waals surface area contributed by atoms with E-state index in [0.29, 0.717) is 0 Å². The Bertz CT molecular complexity index is 93.8. The molecule has 0 fully saturated rings. The lowest BCUT2D eigenvalue weighted by molar-refractivity contribution is -0.148. The molecule has 54 valence electrons. The molecule has 0 rings (SSSR count). The van der Waals surface area contributed by atoms with Crippen molar-refractivity contribution in [2.75, 3.05) is 13.3 Å². The molecule has 0 heterocycles. The van der Waals surface area contributed by atoms with Gasteiger partial charge in [0, 0.05) is 0 Å². The van der Waals surface area contributed by atoms with Gasteiger partial charge in [-0.05, 0) is 0 Å². The Kier molecular flexibility index (Phi) is 3.83. The predicted molar refractivity (Wildman–Crippen MR) is 22.9 cm³/mol. The van der Waals surface area contributed by atoms with E-state index in [9.17, 15) is 18.0 Å². The normalized spacial score (nSPS) is 9.78. The van der Waals surface area contributed by atoms with Gasteiger partial charge in [0.25, 0.3) is 6.43 Å². The second-order valence-corrected chi connectivity index (χ2v) is 1.21. The Morgan fingerprint density at radius 2 is 2.11 bits per heavy atom. The first-order valence-electron chi connectivity index (χ1n) is 2.16. The number of halogens is 3. The highest BCUT2D eigenvalue weighted by atomic mass is 19.3. The van der Waals surface area contributed by atoms with Gasteiger partial charge in [-0.25, -0.2) is 18.0 Å². The molecule has 0 spiro atoms. The minimum atomic E-state index is -2.72. The summed E-state index contributed by atoms with van der Waals surface area (Å²) in [5, 5.41) is 0. The SMILES string of the molecule is O=C(CF)OCC(F)F. The van der Waals surface area contributed by atoms with Gasteiger partial charge in [0.05, 0.1) is 0 Å². The van der Waals surface area contributed by atoms with Gasteiger partial charge in [-0.3, -0.25) is 0 Å². The van der Waals surface area contributed by atoms with Crippen molar-refractivity contribution >= 4 is 5.97 Å². The van der Waals surface area contributed by atoms with Crippen molar-refractivity contribution in [3.8, 4) is 0 Å². The molecule has 0 bridgehead atoms. The Morgan fingerprint density at radius 1 is 1.56 bits per heavy atom. The molecule has 0 aliphatic rings. The van der Waals surface area contributed by atoms with Crippen LogP contribution in [0.15, 0.2) is 0 Å². The van der Waals surface area contributed by atoms with Crippen LogP contribution in [0.3, 0.4) is 0 Å². The van der Waals surface area contributed by atoms with Gasteiger partial charge in [-0.1, -0.05) is 0 Å². The molecular weight excluding hydrogens is 137 g/mol. The molecule has 0 N–H and O–H groups in total. The van der Waals surface area contributed by atoms with E-state index in [-0.39, 0.29) is 0 Å². The minimum absolute atomic E-state index is 1.03. The number of hydrogen-bond donors (Lipinski definition) is 0. The van der Waals surface area contributed by atoms with Crippen molar-refractivity contribution in [1.82, 2.24) is 0 Å². The molecule has 0 aromatic carbocycles. The zero-order chi connectivity index (χ0) is 7.28. The van der Waals surface area contributed by atoms with Crippen LogP contribution in [0.4, 0.5) is 13.2 Å². The summed E-state index contributed by atoms with van der Waals surface area (Å²) in [6.45, 7) is -2.38. The fourth-order valence-electron chi connectivity index (χ4n) is 0.195. The lowest BCUT2D eigenvalue weighted by atomic mass is 10.7. The summed E-state index contributed by atoms with van der Waals surface area (Å²) in [6.07, 6.45) is -2.72. The topological polar surface area (TPSA) is 26.3 Å². The van der Waals surface area contributed by atoms with E-state index in [0.717, 1.165) is 0 Å². The summed E-state index contributed by atoms with van der Waals surface area (Å²) in [6, 6.07) is 0. The number of rotatable bonds is 3. The van der Waals surface area contributed by atoms with E-state index in [1.54, 1.807) is 0 Å². The molecular formula is C4H5F3O2. The van der Waals surface area contributed by atoms with E-state index in [1.807, 2.05) is 0 Å². The summed E-state index contributed by atoms with van der Waals surface area (Å²) in [7, 11) is 0. The van der Waals surface area contributed by atoms with Crippen LogP contribution in [0, 0.1) is 0 Å². The molecule has 0 aliphatic heterocycles. The summed E-state index contributed by atoms with van der Waals surface area (Å²) in [5.74, 6) is -1.25. The van der Waals surface area contributed by atoms with Crippen molar-refractivity contribution in [3.05, 3.63) is 0 Å². The molecule has 5 heteroatoms. The number of carbonyl (C=O) groups is 1. The number of hydrogen-bond acceptors (Lipinski definition) is 2. The molecule has 0 amide bonds. The Labute approximate surface area is 49.6 Å². The molecule has 0 saturated carbocycles. The van der Waals surface area contributed by atoms with Gasteiger partial charge in [0.15, 0.2) is 13.3 Å². The molecule has 2 nitrogen and oxygen atoms in total. The highest BCUT2D eigenvalue weighted by molar-refractivity contribution is 5.70. The monoisotopic (exact) mass is 142 g/mol. The summed E-state index contributed by atoms with van der Waals surface area (Å²) in [5.41, 5.74) is 0. The van der Waals surface area contributed by atoms with Gasteiger partial charge in [0.1, 0.15) is 0 Å². The zero-order valence-electron chi connectivity index (χ0n) is 4.44. The van der Waals surface area contributed by atoms with E-state index in [2.05, 4.69) is 4.74 Å². The fourth-order valence-corrected chi connectivity index (χ4v) is 0.195. The van der Waals surface area contributed by atoms with Gasteiger partial charge in [-0.2, -0.15) is 0 Å². The average molecular weight is 142 g/mol.